The van der Waals surface area contributed by atoms with E-state index in [2.05, 4.69) is 18.7 Å². The van der Waals surface area contributed by atoms with Crippen LogP contribution in [-0.4, -0.2) is 62.1 Å². The van der Waals surface area contributed by atoms with Gasteiger partial charge >= 0.3 is 0 Å². The Morgan fingerprint density at radius 3 is 2.29 bits per heavy atom. The number of rotatable bonds is 4. The highest BCUT2D eigenvalue weighted by atomic mass is 16.5. The fraction of sp³-hybridized carbons (Fsp3) is 0.562. The summed E-state index contributed by atoms with van der Waals surface area (Å²) in [6.07, 6.45) is 0. The van der Waals surface area contributed by atoms with Crippen molar-refractivity contribution >= 4 is 5.91 Å². The molecule has 0 N–H and O–H groups in total. The van der Waals surface area contributed by atoms with Crippen molar-refractivity contribution < 1.29 is 14.3 Å². The zero-order valence-corrected chi connectivity index (χ0v) is 13.3. The molecular weight excluding hydrogens is 268 g/mol. The maximum atomic E-state index is 12.7. The summed E-state index contributed by atoms with van der Waals surface area (Å²) in [6, 6.07) is 5.93. The Morgan fingerprint density at radius 1 is 1.10 bits per heavy atom. The van der Waals surface area contributed by atoms with Gasteiger partial charge in [-0.3, -0.25) is 9.69 Å². The smallest absolute Gasteiger partial charge is 0.257 e. The van der Waals surface area contributed by atoms with Gasteiger partial charge in [0, 0.05) is 32.2 Å². The Bertz CT molecular complexity index is 494. The largest absolute Gasteiger partial charge is 0.493 e. The second kappa shape index (κ2) is 6.80. The van der Waals surface area contributed by atoms with E-state index in [-0.39, 0.29) is 5.91 Å². The molecule has 21 heavy (non-hydrogen) atoms. The van der Waals surface area contributed by atoms with Gasteiger partial charge in [0.15, 0.2) is 11.5 Å². The zero-order valence-electron chi connectivity index (χ0n) is 13.3. The van der Waals surface area contributed by atoms with Crippen LogP contribution in [0.1, 0.15) is 24.2 Å². The Kier molecular flexibility index (Phi) is 5.07. The van der Waals surface area contributed by atoms with E-state index in [0.29, 0.717) is 23.1 Å². The normalized spacial score (nSPS) is 16.1. The molecule has 0 saturated carbocycles. The fourth-order valence-corrected chi connectivity index (χ4v) is 2.67. The molecule has 0 bridgehead atoms. The van der Waals surface area contributed by atoms with Crippen LogP contribution in [-0.2, 0) is 0 Å². The second-order valence-corrected chi connectivity index (χ2v) is 5.46. The van der Waals surface area contributed by atoms with Gasteiger partial charge in [-0.05, 0) is 26.0 Å². The number of piperazine rings is 1. The molecule has 5 heteroatoms. The third kappa shape index (κ3) is 3.29. The first kappa shape index (κ1) is 15.6. The predicted molar refractivity (Wildman–Crippen MR) is 82.2 cm³/mol. The molecule has 1 saturated heterocycles. The van der Waals surface area contributed by atoms with Crippen molar-refractivity contribution in [2.45, 2.75) is 19.9 Å². The topological polar surface area (TPSA) is 42.0 Å². The predicted octanol–water partition coefficient (Wildman–Crippen LogP) is 1.87. The molecule has 1 aliphatic rings. The lowest BCUT2D eigenvalue weighted by Crippen LogP contribution is -2.50. The van der Waals surface area contributed by atoms with Gasteiger partial charge in [-0.2, -0.15) is 0 Å². The molecule has 5 nitrogen and oxygen atoms in total. The Morgan fingerprint density at radius 2 is 1.76 bits per heavy atom. The van der Waals surface area contributed by atoms with E-state index < -0.39 is 0 Å². The third-order valence-corrected chi connectivity index (χ3v) is 3.97. The van der Waals surface area contributed by atoms with Crippen LogP contribution in [0.4, 0.5) is 0 Å². The highest BCUT2D eigenvalue weighted by molar-refractivity contribution is 5.97. The van der Waals surface area contributed by atoms with Crippen LogP contribution < -0.4 is 9.47 Å². The molecule has 2 rings (SSSR count). The minimum absolute atomic E-state index is 0.00848. The number of carbonyl (C=O) groups excluding carboxylic acids is 1. The summed E-state index contributed by atoms with van der Waals surface area (Å²) in [5.74, 6) is 1.11. The molecule has 0 aromatic heterocycles. The molecule has 1 aliphatic heterocycles. The molecule has 1 fully saturated rings. The van der Waals surface area contributed by atoms with E-state index in [4.69, 9.17) is 9.47 Å². The summed E-state index contributed by atoms with van der Waals surface area (Å²) in [7, 11) is 3.14. The van der Waals surface area contributed by atoms with E-state index in [1.807, 2.05) is 11.0 Å². The third-order valence-electron chi connectivity index (χ3n) is 3.97. The van der Waals surface area contributed by atoms with Gasteiger partial charge in [-0.1, -0.05) is 6.07 Å². The second-order valence-electron chi connectivity index (χ2n) is 5.46. The number of hydrogen-bond acceptors (Lipinski definition) is 4. The monoisotopic (exact) mass is 292 g/mol. The standard InChI is InChI=1S/C16H24N2O3/c1-12(2)17-8-10-18(11-9-17)16(19)13-6-5-7-14(20-3)15(13)21-4/h5-7,12H,8-11H2,1-4H3. The Labute approximate surface area is 126 Å². The lowest BCUT2D eigenvalue weighted by molar-refractivity contribution is 0.0592. The van der Waals surface area contributed by atoms with Gasteiger partial charge in [0.1, 0.15) is 0 Å². The van der Waals surface area contributed by atoms with Gasteiger partial charge in [0.2, 0.25) is 0 Å². The Balaban J connectivity index is 2.14. The molecule has 0 unspecified atom stereocenters. The summed E-state index contributed by atoms with van der Waals surface area (Å²) in [4.78, 5) is 17.0. The average molecular weight is 292 g/mol. The maximum Gasteiger partial charge on any atom is 0.257 e. The van der Waals surface area contributed by atoms with Gasteiger partial charge in [-0.25, -0.2) is 0 Å². The first-order valence-corrected chi connectivity index (χ1v) is 7.32. The molecule has 0 aliphatic carbocycles. The van der Waals surface area contributed by atoms with E-state index in [9.17, 15) is 4.79 Å². The van der Waals surface area contributed by atoms with Crippen LogP contribution in [0.3, 0.4) is 0 Å². The molecule has 1 aromatic rings. The summed E-state index contributed by atoms with van der Waals surface area (Å²) in [6.45, 7) is 7.69. The van der Waals surface area contributed by atoms with Crippen molar-refractivity contribution in [3.05, 3.63) is 23.8 Å². The molecule has 1 heterocycles. The van der Waals surface area contributed by atoms with Crippen LogP contribution in [0.5, 0.6) is 11.5 Å². The molecule has 0 atom stereocenters. The SMILES string of the molecule is COc1cccc(C(=O)N2CCN(C(C)C)CC2)c1OC. The first-order chi connectivity index (χ1) is 10.1. The number of amides is 1. The number of para-hydroxylation sites is 1. The van der Waals surface area contributed by atoms with E-state index in [0.717, 1.165) is 26.2 Å². The van der Waals surface area contributed by atoms with E-state index >= 15 is 0 Å². The zero-order chi connectivity index (χ0) is 15.4. The molecule has 1 amide bonds. The fourth-order valence-electron chi connectivity index (χ4n) is 2.67. The summed E-state index contributed by atoms with van der Waals surface area (Å²) in [5.41, 5.74) is 0.565. The lowest BCUT2D eigenvalue weighted by atomic mass is 10.1. The van der Waals surface area contributed by atoms with Crippen molar-refractivity contribution in [1.82, 2.24) is 9.80 Å². The lowest BCUT2D eigenvalue weighted by Gasteiger charge is -2.37. The molecule has 0 spiro atoms. The van der Waals surface area contributed by atoms with Gasteiger partial charge in [0.25, 0.3) is 5.91 Å². The van der Waals surface area contributed by atoms with E-state index in [1.165, 1.54) is 0 Å². The van der Waals surface area contributed by atoms with Crippen molar-refractivity contribution in [1.29, 1.82) is 0 Å². The number of hydrogen-bond donors (Lipinski definition) is 0. The summed E-state index contributed by atoms with van der Waals surface area (Å²) in [5, 5.41) is 0. The average Bonchev–Trinajstić information content (AvgIpc) is 2.53. The summed E-state index contributed by atoms with van der Waals surface area (Å²) >= 11 is 0. The Hall–Kier alpha value is -1.75. The van der Waals surface area contributed by atoms with Crippen molar-refractivity contribution in [2.75, 3.05) is 40.4 Å². The molecular formula is C16H24N2O3. The van der Waals surface area contributed by atoms with Crippen LogP contribution in [0.25, 0.3) is 0 Å². The minimum atomic E-state index is 0.00848. The minimum Gasteiger partial charge on any atom is -0.493 e. The van der Waals surface area contributed by atoms with Gasteiger partial charge in [0.05, 0.1) is 19.8 Å². The first-order valence-electron chi connectivity index (χ1n) is 7.32. The molecule has 116 valence electrons. The van der Waals surface area contributed by atoms with Gasteiger partial charge < -0.3 is 14.4 Å². The number of methoxy groups -OCH3 is 2. The van der Waals surface area contributed by atoms with Gasteiger partial charge in [-0.15, -0.1) is 0 Å². The van der Waals surface area contributed by atoms with E-state index in [1.54, 1.807) is 26.4 Å². The van der Waals surface area contributed by atoms with Crippen molar-refractivity contribution in [3.63, 3.8) is 0 Å². The number of carbonyl (C=O) groups is 1. The van der Waals surface area contributed by atoms with Crippen molar-refractivity contribution in [3.8, 4) is 11.5 Å². The van der Waals surface area contributed by atoms with Crippen LogP contribution in [0.15, 0.2) is 18.2 Å². The van der Waals surface area contributed by atoms with Crippen molar-refractivity contribution in [2.24, 2.45) is 0 Å². The summed E-state index contributed by atoms with van der Waals surface area (Å²) < 4.78 is 10.6. The number of nitrogens with zero attached hydrogens (tertiary/aromatic N) is 2. The van der Waals surface area contributed by atoms with Crippen LogP contribution >= 0.6 is 0 Å². The number of benzene rings is 1. The quantitative estimate of drug-likeness (QED) is 0.849. The molecule has 1 aromatic carbocycles. The van der Waals surface area contributed by atoms with Crippen LogP contribution in [0, 0.1) is 0 Å². The maximum absolute atomic E-state index is 12.7. The molecule has 0 radical (unpaired) electrons. The van der Waals surface area contributed by atoms with Crippen LogP contribution in [0.2, 0.25) is 0 Å². The number of ether oxygens (including phenoxy) is 2. The highest BCUT2D eigenvalue weighted by Crippen LogP contribution is 2.31. The highest BCUT2D eigenvalue weighted by Gasteiger charge is 2.26.